The molecule has 0 N–H and O–H groups in total. The molecule has 2 rings (SSSR count). The summed E-state index contributed by atoms with van der Waals surface area (Å²) in [5.74, 6) is 0.819. The molecular weight excluding hydrogens is 386 g/mol. The van der Waals surface area contributed by atoms with Gasteiger partial charge in [0.15, 0.2) is 0 Å². The van der Waals surface area contributed by atoms with Gasteiger partial charge in [-0.2, -0.15) is 0 Å². The first-order valence-corrected chi connectivity index (χ1v) is 9.98. The van der Waals surface area contributed by atoms with Crippen LogP contribution in [0, 0.1) is 0 Å². The van der Waals surface area contributed by atoms with Crippen molar-refractivity contribution in [3.05, 3.63) is 54.1 Å². The summed E-state index contributed by atoms with van der Waals surface area (Å²) in [6.07, 6.45) is 0. The summed E-state index contributed by atoms with van der Waals surface area (Å²) in [5.41, 5.74) is 0.236. The van der Waals surface area contributed by atoms with Crippen LogP contribution in [0.1, 0.15) is 17.3 Å². The highest BCUT2D eigenvalue weighted by molar-refractivity contribution is 7.89. The Morgan fingerprint density at radius 1 is 0.929 bits per heavy atom. The third-order valence-corrected chi connectivity index (χ3v) is 5.40. The molecule has 0 unspecified atom stereocenters. The van der Waals surface area contributed by atoms with Crippen LogP contribution in [0.2, 0.25) is 0 Å². The van der Waals surface area contributed by atoms with Gasteiger partial charge in [-0.3, -0.25) is 4.84 Å². The second-order valence-electron chi connectivity index (χ2n) is 5.51. The largest absolute Gasteiger partial charge is 0.494 e. The Balaban J connectivity index is 1.83. The van der Waals surface area contributed by atoms with E-state index in [0.29, 0.717) is 12.4 Å². The minimum atomic E-state index is -3.76. The van der Waals surface area contributed by atoms with E-state index in [1.165, 1.54) is 38.4 Å². The molecule has 0 fully saturated rings. The van der Waals surface area contributed by atoms with Crippen LogP contribution in [0.25, 0.3) is 0 Å². The van der Waals surface area contributed by atoms with Crippen LogP contribution in [0.5, 0.6) is 11.5 Å². The van der Waals surface area contributed by atoms with Crippen LogP contribution in [-0.4, -0.2) is 52.8 Å². The van der Waals surface area contributed by atoms with Crippen LogP contribution < -0.4 is 9.47 Å². The van der Waals surface area contributed by atoms with Crippen LogP contribution in [0.3, 0.4) is 0 Å². The molecule has 0 heterocycles. The van der Waals surface area contributed by atoms with Crippen molar-refractivity contribution < 1.29 is 32.3 Å². The summed E-state index contributed by atoms with van der Waals surface area (Å²) in [5, 5.41) is 0. The number of nitrogens with zero attached hydrogens (tertiary/aromatic N) is 1. The third-order valence-electron chi connectivity index (χ3n) is 3.70. The van der Waals surface area contributed by atoms with Crippen molar-refractivity contribution in [2.45, 2.75) is 11.8 Å². The standard InChI is InChI=1S/C19H23NO7S/c1-4-25-16-7-9-17(10-8-16)26-13-14-27-19(21)15-5-11-18(12-6-15)28(22,23)20(2)24-3/h5-12H,4,13-14H2,1-3H3. The average molecular weight is 409 g/mol. The van der Waals surface area contributed by atoms with Crippen molar-refractivity contribution in [2.75, 3.05) is 34.0 Å². The predicted molar refractivity (Wildman–Crippen MR) is 102 cm³/mol. The van der Waals surface area contributed by atoms with Crippen LogP contribution in [-0.2, 0) is 19.6 Å². The number of carbonyl (C=O) groups excluding carboxylic acids is 1. The topological polar surface area (TPSA) is 91.4 Å². The highest BCUT2D eigenvalue weighted by Crippen LogP contribution is 2.18. The number of ether oxygens (including phenoxy) is 3. The molecule has 0 saturated carbocycles. The molecule has 2 aromatic carbocycles. The lowest BCUT2D eigenvalue weighted by molar-refractivity contribution is -0.0258. The summed E-state index contributed by atoms with van der Waals surface area (Å²) in [7, 11) is -1.23. The highest BCUT2D eigenvalue weighted by Gasteiger charge is 2.21. The summed E-state index contributed by atoms with van der Waals surface area (Å²) in [4.78, 5) is 16.8. The Hall–Kier alpha value is -2.62. The number of hydroxylamine groups is 1. The lowest BCUT2D eigenvalue weighted by Crippen LogP contribution is -2.25. The minimum absolute atomic E-state index is 0.00670. The van der Waals surface area contributed by atoms with Crippen molar-refractivity contribution in [1.29, 1.82) is 0 Å². The molecule has 2 aromatic rings. The van der Waals surface area contributed by atoms with Crippen LogP contribution in [0.4, 0.5) is 0 Å². The van der Waals surface area contributed by atoms with Gasteiger partial charge in [-0.25, -0.2) is 13.2 Å². The highest BCUT2D eigenvalue weighted by atomic mass is 32.2. The van der Waals surface area contributed by atoms with Crippen molar-refractivity contribution >= 4 is 16.0 Å². The molecule has 0 amide bonds. The molecule has 0 aliphatic carbocycles. The van der Waals surface area contributed by atoms with Gasteiger partial charge in [-0.05, 0) is 55.5 Å². The summed E-state index contributed by atoms with van der Waals surface area (Å²) in [6, 6.07) is 12.5. The van der Waals surface area contributed by atoms with Gasteiger partial charge >= 0.3 is 5.97 Å². The fourth-order valence-electron chi connectivity index (χ4n) is 2.19. The Morgan fingerprint density at radius 3 is 2.04 bits per heavy atom. The second kappa shape index (κ2) is 10.1. The van der Waals surface area contributed by atoms with Crippen molar-refractivity contribution in [3.8, 4) is 11.5 Å². The molecule has 0 bridgehead atoms. The molecule has 152 valence electrons. The van der Waals surface area contributed by atoms with Crippen molar-refractivity contribution in [2.24, 2.45) is 0 Å². The van der Waals surface area contributed by atoms with Gasteiger partial charge in [0.05, 0.1) is 24.2 Å². The molecule has 9 heteroatoms. The van der Waals surface area contributed by atoms with E-state index < -0.39 is 16.0 Å². The average Bonchev–Trinajstić information content (AvgIpc) is 2.71. The number of esters is 1. The maximum Gasteiger partial charge on any atom is 0.338 e. The number of benzene rings is 2. The Labute approximate surface area is 164 Å². The van der Waals surface area contributed by atoms with Crippen molar-refractivity contribution in [3.63, 3.8) is 0 Å². The summed E-state index contributed by atoms with van der Waals surface area (Å²) < 4.78 is 40.9. The number of sulfonamides is 1. The molecular formula is C19H23NO7S. The Bertz CT molecular complexity index is 864. The van der Waals surface area contributed by atoms with Gasteiger partial charge in [0.2, 0.25) is 0 Å². The van der Waals surface area contributed by atoms with Gasteiger partial charge < -0.3 is 14.2 Å². The zero-order chi connectivity index (χ0) is 20.6. The second-order valence-corrected chi connectivity index (χ2v) is 7.45. The molecule has 0 aliphatic heterocycles. The monoisotopic (exact) mass is 409 g/mol. The Kier molecular flexibility index (Phi) is 7.80. The lowest BCUT2D eigenvalue weighted by Gasteiger charge is -2.14. The van der Waals surface area contributed by atoms with Gasteiger partial charge in [0.25, 0.3) is 10.0 Å². The third kappa shape index (κ3) is 5.69. The quantitative estimate of drug-likeness (QED) is 0.338. The van der Waals surface area contributed by atoms with E-state index in [1.807, 2.05) is 6.92 Å². The number of hydrogen-bond acceptors (Lipinski definition) is 7. The number of carbonyl (C=O) groups is 1. The van der Waals surface area contributed by atoms with E-state index in [4.69, 9.17) is 19.0 Å². The maximum absolute atomic E-state index is 12.1. The minimum Gasteiger partial charge on any atom is -0.494 e. The van der Waals surface area contributed by atoms with E-state index >= 15 is 0 Å². The van der Waals surface area contributed by atoms with E-state index in [9.17, 15) is 13.2 Å². The molecule has 0 atom stereocenters. The predicted octanol–water partition coefficient (Wildman–Crippen LogP) is 2.50. The maximum atomic E-state index is 12.1. The van der Waals surface area contributed by atoms with Crippen LogP contribution in [0.15, 0.2) is 53.4 Å². The summed E-state index contributed by atoms with van der Waals surface area (Å²) >= 11 is 0. The number of rotatable bonds is 10. The molecule has 0 radical (unpaired) electrons. The smallest absolute Gasteiger partial charge is 0.338 e. The molecule has 8 nitrogen and oxygen atoms in total. The zero-order valence-corrected chi connectivity index (χ0v) is 16.8. The van der Waals surface area contributed by atoms with Gasteiger partial charge in [-0.1, -0.05) is 4.47 Å². The first kappa shape index (κ1) is 21.7. The van der Waals surface area contributed by atoms with Gasteiger partial charge in [0, 0.05) is 7.05 Å². The molecule has 0 spiro atoms. The van der Waals surface area contributed by atoms with Gasteiger partial charge in [0.1, 0.15) is 24.7 Å². The molecule has 0 aliphatic rings. The normalized spacial score (nSPS) is 11.3. The Morgan fingerprint density at radius 2 is 1.50 bits per heavy atom. The van der Waals surface area contributed by atoms with E-state index in [1.54, 1.807) is 24.3 Å². The van der Waals surface area contributed by atoms with Gasteiger partial charge in [-0.15, -0.1) is 0 Å². The molecule has 0 saturated heterocycles. The van der Waals surface area contributed by atoms with Crippen LogP contribution >= 0.6 is 0 Å². The first-order chi connectivity index (χ1) is 13.4. The SMILES string of the molecule is CCOc1ccc(OCCOC(=O)c2ccc(S(=O)(=O)N(C)OC)cc2)cc1. The first-order valence-electron chi connectivity index (χ1n) is 8.54. The fraction of sp³-hybridized carbons (Fsp3) is 0.316. The number of hydrogen-bond donors (Lipinski definition) is 0. The lowest BCUT2D eigenvalue weighted by atomic mass is 10.2. The zero-order valence-electron chi connectivity index (χ0n) is 16.0. The fourth-order valence-corrected chi connectivity index (χ4v) is 3.16. The summed E-state index contributed by atoms with van der Waals surface area (Å²) in [6.45, 7) is 2.73. The van der Waals surface area contributed by atoms with E-state index in [2.05, 4.69) is 0 Å². The molecule has 0 aromatic heterocycles. The van der Waals surface area contributed by atoms with Crippen molar-refractivity contribution in [1.82, 2.24) is 4.47 Å². The van der Waals surface area contributed by atoms with E-state index in [-0.39, 0.29) is 23.7 Å². The van der Waals surface area contributed by atoms with E-state index in [0.717, 1.165) is 10.2 Å². The molecule has 28 heavy (non-hydrogen) atoms.